The summed E-state index contributed by atoms with van der Waals surface area (Å²) in [4.78, 5) is 6.84. The average Bonchev–Trinajstić information content (AvgIpc) is 3.13. The Hall–Kier alpha value is -2.27. The largest absolute Gasteiger partial charge is 0.468 e. The lowest BCUT2D eigenvalue weighted by molar-refractivity contribution is 0.198. The molecule has 1 atom stereocenters. The van der Waals surface area contributed by atoms with Gasteiger partial charge >= 0.3 is 0 Å². The van der Waals surface area contributed by atoms with Crippen LogP contribution >= 0.6 is 0 Å². The normalized spacial score (nSPS) is 13.2. The number of furan rings is 1. The highest BCUT2D eigenvalue weighted by atomic mass is 16.3. The molecule has 24 heavy (non-hydrogen) atoms. The third-order valence-electron chi connectivity index (χ3n) is 4.17. The lowest BCUT2D eigenvalue weighted by Gasteiger charge is -2.26. The lowest BCUT2D eigenvalue weighted by Crippen LogP contribution is -2.31. The van der Waals surface area contributed by atoms with Gasteiger partial charge in [0.25, 0.3) is 0 Å². The van der Waals surface area contributed by atoms with Crippen molar-refractivity contribution in [2.24, 2.45) is 10.7 Å². The highest BCUT2D eigenvalue weighted by Crippen LogP contribution is 2.21. The van der Waals surface area contributed by atoms with Crippen molar-refractivity contribution in [2.75, 3.05) is 25.0 Å². The van der Waals surface area contributed by atoms with Gasteiger partial charge in [-0.3, -0.25) is 9.89 Å². The number of guanidine groups is 1. The van der Waals surface area contributed by atoms with Crippen molar-refractivity contribution in [3.8, 4) is 0 Å². The average molecular weight is 328 g/mol. The third kappa shape index (κ3) is 4.86. The van der Waals surface area contributed by atoms with E-state index in [4.69, 9.17) is 10.2 Å². The van der Waals surface area contributed by atoms with Gasteiger partial charge in [-0.15, -0.1) is 0 Å². The van der Waals surface area contributed by atoms with Gasteiger partial charge in [0.05, 0.1) is 18.8 Å². The molecule has 0 fully saturated rings. The molecule has 1 aromatic carbocycles. The fraction of sp³-hybridized carbons (Fsp3) is 0.421. The molecule has 3 N–H and O–H groups in total. The molecular formula is C19H28N4O. The second kappa shape index (κ2) is 9.13. The van der Waals surface area contributed by atoms with Gasteiger partial charge in [-0.25, -0.2) is 0 Å². The summed E-state index contributed by atoms with van der Waals surface area (Å²) in [5, 5.41) is 3.17. The molecule has 0 amide bonds. The summed E-state index contributed by atoms with van der Waals surface area (Å²) in [6.45, 7) is 8.84. The number of aryl methyl sites for hydroxylation is 1. The number of hydrogen-bond acceptors (Lipinski definition) is 3. The second-order valence-electron chi connectivity index (χ2n) is 5.66. The number of hydrogen-bond donors (Lipinski definition) is 2. The predicted molar refractivity (Wildman–Crippen MR) is 100 cm³/mol. The van der Waals surface area contributed by atoms with Gasteiger partial charge in [-0.05, 0) is 49.3 Å². The van der Waals surface area contributed by atoms with Gasteiger partial charge in [-0.2, -0.15) is 0 Å². The van der Waals surface area contributed by atoms with Crippen molar-refractivity contribution in [3.05, 3.63) is 54.0 Å². The van der Waals surface area contributed by atoms with Crippen LogP contribution in [-0.4, -0.2) is 30.5 Å². The van der Waals surface area contributed by atoms with E-state index in [1.165, 1.54) is 5.56 Å². The molecular weight excluding hydrogens is 300 g/mol. The van der Waals surface area contributed by atoms with Crippen LogP contribution in [0.25, 0.3) is 0 Å². The highest BCUT2D eigenvalue weighted by Gasteiger charge is 2.20. The fourth-order valence-corrected chi connectivity index (χ4v) is 2.77. The molecule has 0 aliphatic heterocycles. The Balaban J connectivity index is 2.07. The van der Waals surface area contributed by atoms with E-state index in [0.29, 0.717) is 12.5 Å². The highest BCUT2D eigenvalue weighted by molar-refractivity contribution is 5.92. The molecule has 5 nitrogen and oxygen atoms in total. The van der Waals surface area contributed by atoms with Crippen LogP contribution in [0.2, 0.25) is 0 Å². The van der Waals surface area contributed by atoms with Gasteiger partial charge in [0.15, 0.2) is 5.96 Å². The molecule has 0 saturated heterocycles. The Kier molecular flexibility index (Phi) is 6.88. The number of anilines is 1. The van der Waals surface area contributed by atoms with E-state index >= 15 is 0 Å². The van der Waals surface area contributed by atoms with Crippen LogP contribution in [0.4, 0.5) is 5.69 Å². The number of aliphatic imine (C=N–C) groups is 1. The number of nitrogens with two attached hydrogens (primary N) is 1. The first-order valence-electron chi connectivity index (χ1n) is 8.61. The Bertz CT molecular complexity index is 633. The maximum Gasteiger partial charge on any atom is 0.193 e. The fourth-order valence-electron chi connectivity index (χ4n) is 2.77. The summed E-state index contributed by atoms with van der Waals surface area (Å²) < 4.78 is 5.59. The molecule has 0 aliphatic carbocycles. The van der Waals surface area contributed by atoms with Gasteiger partial charge in [0, 0.05) is 5.69 Å². The smallest absolute Gasteiger partial charge is 0.193 e. The van der Waals surface area contributed by atoms with E-state index in [1.807, 2.05) is 24.3 Å². The summed E-state index contributed by atoms with van der Waals surface area (Å²) in [6.07, 6.45) is 2.70. The molecule has 5 heteroatoms. The van der Waals surface area contributed by atoms with Crippen LogP contribution in [-0.2, 0) is 6.42 Å². The lowest BCUT2D eigenvalue weighted by atomic mass is 10.1. The first kappa shape index (κ1) is 18.1. The molecule has 1 unspecified atom stereocenters. The molecule has 2 aromatic rings. The van der Waals surface area contributed by atoms with E-state index in [0.717, 1.165) is 31.0 Å². The summed E-state index contributed by atoms with van der Waals surface area (Å²) >= 11 is 0. The van der Waals surface area contributed by atoms with Gasteiger partial charge < -0.3 is 15.5 Å². The summed E-state index contributed by atoms with van der Waals surface area (Å²) in [7, 11) is 0. The molecule has 1 heterocycles. The minimum Gasteiger partial charge on any atom is -0.468 e. The molecule has 0 spiro atoms. The van der Waals surface area contributed by atoms with Crippen LogP contribution in [0, 0.1) is 0 Å². The van der Waals surface area contributed by atoms with Gasteiger partial charge in [-0.1, -0.05) is 32.9 Å². The Morgan fingerprint density at radius 3 is 2.62 bits per heavy atom. The number of nitrogens with one attached hydrogen (secondary N) is 1. The zero-order valence-corrected chi connectivity index (χ0v) is 14.8. The van der Waals surface area contributed by atoms with Crippen LogP contribution in [0.3, 0.4) is 0 Å². The summed E-state index contributed by atoms with van der Waals surface area (Å²) in [6, 6.07) is 12.2. The van der Waals surface area contributed by atoms with Crippen LogP contribution in [0.1, 0.15) is 38.1 Å². The zero-order valence-electron chi connectivity index (χ0n) is 14.8. The maximum absolute atomic E-state index is 6.07. The first-order chi connectivity index (χ1) is 11.7. The van der Waals surface area contributed by atoms with E-state index in [-0.39, 0.29) is 6.04 Å². The van der Waals surface area contributed by atoms with E-state index in [1.54, 1.807) is 6.26 Å². The Morgan fingerprint density at radius 2 is 2.00 bits per heavy atom. The van der Waals surface area contributed by atoms with Crippen molar-refractivity contribution >= 4 is 11.6 Å². The van der Waals surface area contributed by atoms with Crippen molar-refractivity contribution in [1.29, 1.82) is 0 Å². The van der Waals surface area contributed by atoms with Gasteiger partial charge in [0.2, 0.25) is 0 Å². The maximum atomic E-state index is 6.07. The van der Waals surface area contributed by atoms with Crippen molar-refractivity contribution < 1.29 is 4.42 Å². The SMILES string of the molecule is CCc1cccc(NC(N)=NCC(c2ccco2)N(CC)CC)c1. The van der Waals surface area contributed by atoms with Crippen molar-refractivity contribution in [3.63, 3.8) is 0 Å². The quantitative estimate of drug-likeness (QED) is 0.573. The van der Waals surface area contributed by atoms with E-state index < -0.39 is 0 Å². The van der Waals surface area contributed by atoms with Gasteiger partial charge in [0.1, 0.15) is 5.76 Å². The summed E-state index contributed by atoms with van der Waals surface area (Å²) in [5.74, 6) is 1.34. The monoisotopic (exact) mass is 328 g/mol. The summed E-state index contributed by atoms with van der Waals surface area (Å²) in [5.41, 5.74) is 8.31. The molecule has 0 saturated carbocycles. The zero-order chi connectivity index (χ0) is 17.4. The molecule has 130 valence electrons. The minimum absolute atomic E-state index is 0.0947. The second-order valence-corrected chi connectivity index (χ2v) is 5.66. The van der Waals surface area contributed by atoms with Crippen LogP contribution in [0.5, 0.6) is 0 Å². The third-order valence-corrected chi connectivity index (χ3v) is 4.17. The number of rotatable bonds is 8. The van der Waals surface area contributed by atoms with E-state index in [2.05, 4.69) is 48.1 Å². The van der Waals surface area contributed by atoms with Crippen LogP contribution < -0.4 is 11.1 Å². The number of benzene rings is 1. The minimum atomic E-state index is 0.0947. The van der Waals surface area contributed by atoms with Crippen molar-refractivity contribution in [1.82, 2.24) is 4.90 Å². The van der Waals surface area contributed by atoms with Crippen LogP contribution in [0.15, 0.2) is 52.1 Å². The molecule has 2 rings (SSSR count). The first-order valence-corrected chi connectivity index (χ1v) is 8.61. The standard InChI is InChI=1S/C19H28N4O/c1-4-15-9-7-10-16(13-15)22-19(20)21-14-17(23(5-2)6-3)18-11-8-12-24-18/h7-13,17H,4-6,14H2,1-3H3,(H3,20,21,22). The topological polar surface area (TPSA) is 66.8 Å². The number of likely N-dealkylation sites (N-methyl/N-ethyl adjacent to an activating group) is 1. The molecule has 1 aromatic heterocycles. The Morgan fingerprint density at radius 1 is 1.21 bits per heavy atom. The Labute approximate surface area is 144 Å². The van der Waals surface area contributed by atoms with E-state index in [9.17, 15) is 0 Å². The molecule has 0 aliphatic rings. The predicted octanol–water partition coefficient (Wildman–Crippen LogP) is 3.65. The van der Waals surface area contributed by atoms with Crippen molar-refractivity contribution in [2.45, 2.75) is 33.2 Å². The molecule has 0 radical (unpaired) electrons. The molecule has 0 bridgehead atoms. The number of nitrogens with zero attached hydrogens (tertiary/aromatic N) is 2.